The van der Waals surface area contributed by atoms with Gasteiger partial charge in [0.25, 0.3) is 0 Å². The van der Waals surface area contributed by atoms with Crippen molar-refractivity contribution >= 4 is 0 Å². The first-order chi connectivity index (χ1) is 7.31. The quantitative estimate of drug-likeness (QED) is 0.634. The molecule has 2 rings (SSSR count). The molecule has 0 aliphatic rings. The second-order valence-corrected chi connectivity index (χ2v) is 3.41. The Bertz CT molecular complexity index is 504. The van der Waals surface area contributed by atoms with Gasteiger partial charge in [-0.15, -0.1) is 6.42 Å². The van der Waals surface area contributed by atoms with Crippen LogP contribution in [0, 0.1) is 19.3 Å². The van der Waals surface area contributed by atoms with E-state index in [4.69, 9.17) is 6.42 Å². The maximum absolute atomic E-state index is 5.31. The molecule has 0 fully saturated rings. The zero-order chi connectivity index (χ0) is 10.7. The van der Waals surface area contributed by atoms with Crippen molar-refractivity contribution in [3.8, 4) is 23.5 Å². The summed E-state index contributed by atoms with van der Waals surface area (Å²) < 4.78 is 0. The van der Waals surface area contributed by atoms with Crippen molar-refractivity contribution in [2.24, 2.45) is 0 Å². The van der Waals surface area contributed by atoms with Crippen molar-refractivity contribution in [2.45, 2.75) is 6.92 Å². The van der Waals surface area contributed by atoms with Gasteiger partial charge in [-0.2, -0.15) is 0 Å². The number of aromatic nitrogens is 1. The molecule has 72 valence electrons. The molecule has 0 saturated heterocycles. The number of hydrogen-bond acceptors (Lipinski definition) is 1. The maximum Gasteiger partial charge on any atom is 0.0349 e. The van der Waals surface area contributed by atoms with E-state index < -0.39 is 0 Å². The number of benzene rings is 1. The van der Waals surface area contributed by atoms with Crippen LogP contribution in [0.2, 0.25) is 0 Å². The fourth-order valence-electron chi connectivity index (χ4n) is 1.51. The van der Waals surface area contributed by atoms with Crippen LogP contribution >= 0.6 is 0 Å². The average molecular weight is 193 g/mol. The van der Waals surface area contributed by atoms with Crippen LogP contribution in [0.25, 0.3) is 11.1 Å². The van der Waals surface area contributed by atoms with E-state index >= 15 is 0 Å². The van der Waals surface area contributed by atoms with Crippen molar-refractivity contribution < 1.29 is 0 Å². The lowest BCUT2D eigenvalue weighted by atomic mass is 10.0. The Hall–Kier alpha value is -2.07. The number of nitrogens with zero attached hydrogens (tertiary/aromatic N) is 1. The highest BCUT2D eigenvalue weighted by Gasteiger charge is 2.00. The van der Waals surface area contributed by atoms with E-state index in [1.165, 1.54) is 5.56 Å². The number of pyridine rings is 1. The van der Waals surface area contributed by atoms with E-state index in [1.807, 2.05) is 36.5 Å². The van der Waals surface area contributed by atoms with Gasteiger partial charge in [0, 0.05) is 23.5 Å². The summed E-state index contributed by atoms with van der Waals surface area (Å²) in [6.07, 6.45) is 8.98. The first kappa shape index (κ1) is 9.48. The van der Waals surface area contributed by atoms with Crippen molar-refractivity contribution in [1.29, 1.82) is 0 Å². The van der Waals surface area contributed by atoms with Gasteiger partial charge in [0.15, 0.2) is 0 Å². The van der Waals surface area contributed by atoms with Crippen LogP contribution in [-0.2, 0) is 0 Å². The van der Waals surface area contributed by atoms with Crippen molar-refractivity contribution in [3.05, 3.63) is 53.9 Å². The lowest BCUT2D eigenvalue weighted by Gasteiger charge is -2.04. The minimum Gasteiger partial charge on any atom is -0.264 e. The predicted molar refractivity (Wildman–Crippen MR) is 62.3 cm³/mol. The number of terminal acetylenes is 1. The fourth-order valence-corrected chi connectivity index (χ4v) is 1.51. The number of aryl methyl sites for hydroxylation is 1. The van der Waals surface area contributed by atoms with E-state index in [0.717, 1.165) is 16.7 Å². The molecule has 0 N–H and O–H groups in total. The molecule has 0 radical (unpaired) electrons. The van der Waals surface area contributed by atoms with Crippen LogP contribution in [0.3, 0.4) is 0 Å². The van der Waals surface area contributed by atoms with E-state index in [2.05, 4.69) is 17.8 Å². The molecule has 0 spiro atoms. The molecule has 0 unspecified atom stereocenters. The Labute approximate surface area is 89.8 Å². The molecular weight excluding hydrogens is 182 g/mol. The van der Waals surface area contributed by atoms with Gasteiger partial charge in [-0.05, 0) is 36.2 Å². The summed E-state index contributed by atoms with van der Waals surface area (Å²) in [4.78, 5) is 4.12. The SMILES string of the molecule is C#Cc1ccc(-c2cnccc2C)cc1. The maximum atomic E-state index is 5.31. The third-order valence-corrected chi connectivity index (χ3v) is 2.40. The minimum atomic E-state index is 0.903. The van der Waals surface area contributed by atoms with Gasteiger partial charge in [0.05, 0.1) is 0 Å². The Morgan fingerprint density at radius 3 is 2.47 bits per heavy atom. The normalized spacial score (nSPS) is 9.60. The molecule has 0 saturated carbocycles. The van der Waals surface area contributed by atoms with Crippen molar-refractivity contribution in [1.82, 2.24) is 4.98 Å². The molecule has 1 heterocycles. The summed E-state index contributed by atoms with van der Waals surface area (Å²) in [5.41, 5.74) is 4.43. The summed E-state index contributed by atoms with van der Waals surface area (Å²) >= 11 is 0. The second kappa shape index (κ2) is 3.98. The summed E-state index contributed by atoms with van der Waals surface area (Å²) in [5.74, 6) is 2.60. The van der Waals surface area contributed by atoms with Crippen LogP contribution in [-0.4, -0.2) is 4.98 Å². The number of hydrogen-bond donors (Lipinski definition) is 0. The van der Waals surface area contributed by atoms with E-state index in [0.29, 0.717) is 0 Å². The molecule has 1 aromatic carbocycles. The van der Waals surface area contributed by atoms with Crippen molar-refractivity contribution in [2.75, 3.05) is 0 Å². The standard InChI is InChI=1S/C14H11N/c1-3-12-4-6-13(7-5-12)14-10-15-9-8-11(14)2/h1,4-10H,2H3. The van der Waals surface area contributed by atoms with Crippen LogP contribution in [0.5, 0.6) is 0 Å². The molecule has 1 nitrogen and oxygen atoms in total. The van der Waals surface area contributed by atoms with Gasteiger partial charge in [0.1, 0.15) is 0 Å². The molecule has 0 atom stereocenters. The molecule has 15 heavy (non-hydrogen) atoms. The Kier molecular flexibility index (Phi) is 2.51. The molecule has 2 aromatic rings. The molecule has 0 aliphatic heterocycles. The topological polar surface area (TPSA) is 12.9 Å². The Balaban J connectivity index is 2.47. The highest BCUT2D eigenvalue weighted by Crippen LogP contribution is 2.21. The van der Waals surface area contributed by atoms with Crippen LogP contribution in [0.4, 0.5) is 0 Å². The molecular formula is C14H11N. The molecule has 0 amide bonds. The first-order valence-electron chi connectivity index (χ1n) is 4.79. The minimum absolute atomic E-state index is 0.903. The third-order valence-electron chi connectivity index (χ3n) is 2.40. The highest BCUT2D eigenvalue weighted by molar-refractivity contribution is 5.66. The van der Waals surface area contributed by atoms with Gasteiger partial charge in [-0.3, -0.25) is 4.98 Å². The van der Waals surface area contributed by atoms with Crippen LogP contribution < -0.4 is 0 Å². The molecule has 1 aromatic heterocycles. The summed E-state index contributed by atoms with van der Waals surface area (Å²) in [7, 11) is 0. The molecule has 1 heteroatoms. The van der Waals surface area contributed by atoms with Gasteiger partial charge in [-0.1, -0.05) is 18.1 Å². The zero-order valence-corrected chi connectivity index (χ0v) is 8.57. The average Bonchev–Trinajstić information content (AvgIpc) is 2.30. The van der Waals surface area contributed by atoms with Crippen molar-refractivity contribution in [3.63, 3.8) is 0 Å². The van der Waals surface area contributed by atoms with Gasteiger partial charge in [0.2, 0.25) is 0 Å². The summed E-state index contributed by atoms with van der Waals surface area (Å²) in [6, 6.07) is 9.95. The Morgan fingerprint density at radius 2 is 1.87 bits per heavy atom. The zero-order valence-electron chi connectivity index (χ0n) is 8.57. The molecule has 0 aliphatic carbocycles. The number of rotatable bonds is 1. The highest BCUT2D eigenvalue weighted by atomic mass is 14.6. The third kappa shape index (κ3) is 1.89. The monoisotopic (exact) mass is 193 g/mol. The summed E-state index contributed by atoms with van der Waals surface area (Å²) in [6.45, 7) is 2.08. The molecule has 0 bridgehead atoms. The van der Waals surface area contributed by atoms with E-state index in [-0.39, 0.29) is 0 Å². The smallest absolute Gasteiger partial charge is 0.0349 e. The van der Waals surface area contributed by atoms with Gasteiger partial charge < -0.3 is 0 Å². The van der Waals surface area contributed by atoms with Gasteiger partial charge in [-0.25, -0.2) is 0 Å². The van der Waals surface area contributed by atoms with Crippen LogP contribution in [0.15, 0.2) is 42.7 Å². The Morgan fingerprint density at radius 1 is 1.13 bits per heavy atom. The lowest BCUT2D eigenvalue weighted by molar-refractivity contribution is 1.29. The van der Waals surface area contributed by atoms with Crippen LogP contribution in [0.1, 0.15) is 11.1 Å². The lowest BCUT2D eigenvalue weighted by Crippen LogP contribution is -1.84. The van der Waals surface area contributed by atoms with Gasteiger partial charge >= 0.3 is 0 Å². The van der Waals surface area contributed by atoms with E-state index in [9.17, 15) is 0 Å². The largest absolute Gasteiger partial charge is 0.264 e. The van der Waals surface area contributed by atoms with E-state index in [1.54, 1.807) is 6.20 Å². The second-order valence-electron chi connectivity index (χ2n) is 3.41. The summed E-state index contributed by atoms with van der Waals surface area (Å²) in [5, 5.41) is 0. The predicted octanol–water partition coefficient (Wildman–Crippen LogP) is 3.04. The first-order valence-corrected chi connectivity index (χ1v) is 4.79. The fraction of sp³-hybridized carbons (Fsp3) is 0.0714.